The van der Waals surface area contributed by atoms with Crippen LogP contribution in [0, 0.1) is 5.92 Å². The largest absolute Gasteiger partial charge is 0.497 e. The monoisotopic (exact) mass is 374 g/mol. The second-order valence-electron chi connectivity index (χ2n) is 6.74. The van der Waals surface area contributed by atoms with Gasteiger partial charge in [0.25, 0.3) is 0 Å². The van der Waals surface area contributed by atoms with Gasteiger partial charge in [-0.15, -0.1) is 0 Å². The molecule has 8 nitrogen and oxygen atoms in total. The fourth-order valence-electron chi connectivity index (χ4n) is 3.76. The van der Waals surface area contributed by atoms with E-state index in [1.165, 1.54) is 7.11 Å². The number of carbonyl (C=O) groups is 1. The van der Waals surface area contributed by atoms with Crippen LogP contribution in [0.3, 0.4) is 0 Å². The molecule has 4 unspecified atom stereocenters. The molecule has 2 heterocycles. The molecule has 1 aromatic carbocycles. The number of rotatable bonds is 7. The van der Waals surface area contributed by atoms with Crippen LogP contribution >= 0.6 is 0 Å². The maximum atomic E-state index is 12.0. The zero-order valence-electron chi connectivity index (χ0n) is 15.8. The van der Waals surface area contributed by atoms with E-state index in [4.69, 9.17) is 9.47 Å². The Morgan fingerprint density at radius 2 is 2.00 bits per heavy atom. The second kappa shape index (κ2) is 8.51. The Labute approximate surface area is 158 Å². The van der Waals surface area contributed by atoms with Crippen molar-refractivity contribution in [1.82, 2.24) is 20.6 Å². The van der Waals surface area contributed by atoms with Crippen LogP contribution in [0.5, 0.6) is 5.75 Å². The van der Waals surface area contributed by atoms with Crippen molar-refractivity contribution in [3.05, 3.63) is 47.8 Å². The Morgan fingerprint density at radius 1 is 1.26 bits per heavy atom. The molecule has 1 aliphatic heterocycles. The third kappa shape index (κ3) is 4.29. The second-order valence-corrected chi connectivity index (χ2v) is 6.74. The van der Waals surface area contributed by atoms with Crippen molar-refractivity contribution in [2.45, 2.75) is 31.0 Å². The van der Waals surface area contributed by atoms with Crippen LogP contribution in [0.15, 0.2) is 36.5 Å². The highest BCUT2D eigenvalue weighted by Crippen LogP contribution is 2.35. The predicted octanol–water partition coefficient (Wildman–Crippen LogP) is 0.729. The number of ether oxygens (including phenoxy) is 2. The molecule has 0 bridgehead atoms. The average Bonchev–Trinajstić information content (AvgIpc) is 3.26. The van der Waals surface area contributed by atoms with E-state index in [9.17, 15) is 9.90 Å². The smallest absolute Gasteiger partial charge is 0.306 e. The maximum absolute atomic E-state index is 12.0. The number of aliphatic hydroxyl groups excluding tert-OH is 1. The highest BCUT2D eigenvalue weighted by Gasteiger charge is 2.42. The number of hydrogen-bond acceptors (Lipinski definition) is 7. The van der Waals surface area contributed by atoms with Crippen molar-refractivity contribution in [2.24, 2.45) is 13.0 Å². The molecular weight excluding hydrogens is 348 g/mol. The number of carbonyl (C=O) groups excluding carboxylic acids is 1. The lowest BCUT2D eigenvalue weighted by atomic mass is 9.79. The Kier molecular flexibility index (Phi) is 6.10. The molecule has 8 heteroatoms. The molecule has 1 saturated heterocycles. The molecular formula is C19H26N4O4. The minimum atomic E-state index is -0.794. The molecule has 1 fully saturated rings. The van der Waals surface area contributed by atoms with Crippen LogP contribution in [0.1, 0.15) is 23.6 Å². The number of aryl methyl sites for hydroxylation is 1. The lowest BCUT2D eigenvalue weighted by molar-refractivity contribution is -0.141. The van der Waals surface area contributed by atoms with Crippen LogP contribution in [-0.2, 0) is 23.0 Å². The van der Waals surface area contributed by atoms with E-state index >= 15 is 0 Å². The molecule has 3 N–H and O–H groups in total. The summed E-state index contributed by atoms with van der Waals surface area (Å²) in [6.07, 6.45) is 1.76. The van der Waals surface area contributed by atoms with Gasteiger partial charge in [-0.2, -0.15) is 5.10 Å². The van der Waals surface area contributed by atoms with Gasteiger partial charge in [0.1, 0.15) is 12.0 Å². The van der Waals surface area contributed by atoms with Crippen molar-refractivity contribution in [2.75, 3.05) is 14.2 Å². The highest BCUT2D eigenvalue weighted by molar-refractivity contribution is 5.70. The van der Waals surface area contributed by atoms with Gasteiger partial charge in [-0.25, -0.2) is 5.43 Å². The van der Waals surface area contributed by atoms with E-state index in [1.807, 2.05) is 37.4 Å². The summed E-state index contributed by atoms with van der Waals surface area (Å²) in [5.41, 5.74) is 8.08. The summed E-state index contributed by atoms with van der Waals surface area (Å²) >= 11 is 0. The molecule has 27 heavy (non-hydrogen) atoms. The van der Waals surface area contributed by atoms with E-state index < -0.39 is 6.23 Å². The number of hydrogen-bond donors (Lipinski definition) is 3. The van der Waals surface area contributed by atoms with Gasteiger partial charge >= 0.3 is 5.97 Å². The molecule has 0 saturated carbocycles. The quantitative estimate of drug-likeness (QED) is 0.615. The molecule has 2 aromatic rings. The molecule has 3 rings (SSSR count). The van der Waals surface area contributed by atoms with Crippen LogP contribution in [0.2, 0.25) is 0 Å². The molecule has 0 radical (unpaired) electrons. The molecule has 4 atom stereocenters. The first-order chi connectivity index (χ1) is 13.0. The average molecular weight is 374 g/mol. The molecule has 1 aliphatic rings. The minimum Gasteiger partial charge on any atom is -0.497 e. The van der Waals surface area contributed by atoms with Gasteiger partial charge in [0.15, 0.2) is 0 Å². The standard InChI is InChI=1S/C19H26N4O4/c1-23-16(8-9-20-23)14(11-17(24)27-3)18-15(21-22-19(18)25)10-12-4-6-13(26-2)7-5-12/h4-9,14-15,18-19,21-22,25H,10-11H2,1-3H3. The number of esters is 1. The number of hydrazine groups is 1. The molecule has 146 valence electrons. The topological polar surface area (TPSA) is 97.6 Å². The van der Waals surface area contributed by atoms with Crippen molar-refractivity contribution in [3.8, 4) is 5.75 Å². The Morgan fingerprint density at radius 3 is 2.59 bits per heavy atom. The van der Waals surface area contributed by atoms with Gasteiger partial charge in [-0.05, 0) is 30.2 Å². The fourth-order valence-corrected chi connectivity index (χ4v) is 3.76. The number of benzene rings is 1. The van der Waals surface area contributed by atoms with Gasteiger partial charge in [-0.3, -0.25) is 14.9 Å². The maximum Gasteiger partial charge on any atom is 0.306 e. The Balaban J connectivity index is 1.85. The van der Waals surface area contributed by atoms with E-state index in [-0.39, 0.29) is 30.3 Å². The van der Waals surface area contributed by atoms with Gasteiger partial charge in [0.05, 0.1) is 20.6 Å². The zero-order chi connectivity index (χ0) is 19.4. The summed E-state index contributed by atoms with van der Waals surface area (Å²) in [5.74, 6) is 0.00194. The van der Waals surface area contributed by atoms with Gasteiger partial charge in [0.2, 0.25) is 0 Å². The van der Waals surface area contributed by atoms with E-state index in [2.05, 4.69) is 16.0 Å². The first-order valence-electron chi connectivity index (χ1n) is 8.90. The van der Waals surface area contributed by atoms with Crippen molar-refractivity contribution in [1.29, 1.82) is 0 Å². The van der Waals surface area contributed by atoms with Crippen molar-refractivity contribution in [3.63, 3.8) is 0 Å². The first kappa shape index (κ1) is 19.3. The van der Waals surface area contributed by atoms with Crippen LogP contribution in [0.25, 0.3) is 0 Å². The predicted molar refractivity (Wildman–Crippen MR) is 98.8 cm³/mol. The molecule has 0 spiro atoms. The van der Waals surface area contributed by atoms with E-state index in [0.29, 0.717) is 6.42 Å². The summed E-state index contributed by atoms with van der Waals surface area (Å²) in [7, 11) is 4.84. The highest BCUT2D eigenvalue weighted by atomic mass is 16.5. The first-order valence-corrected chi connectivity index (χ1v) is 8.90. The van der Waals surface area contributed by atoms with Gasteiger partial charge < -0.3 is 14.6 Å². The van der Waals surface area contributed by atoms with Crippen LogP contribution in [0.4, 0.5) is 0 Å². The SMILES string of the molecule is COC(=O)CC(c1ccnn1C)C1C(O)NNC1Cc1ccc(OC)cc1. The molecule has 1 aromatic heterocycles. The summed E-state index contributed by atoms with van der Waals surface area (Å²) in [6.45, 7) is 0. The summed E-state index contributed by atoms with van der Waals surface area (Å²) in [6, 6.07) is 9.64. The van der Waals surface area contributed by atoms with Gasteiger partial charge in [-0.1, -0.05) is 12.1 Å². The van der Waals surface area contributed by atoms with E-state index in [1.54, 1.807) is 18.0 Å². The molecule has 0 aliphatic carbocycles. The minimum absolute atomic E-state index is 0.0713. The molecule has 0 amide bonds. The number of aliphatic hydroxyl groups is 1. The zero-order valence-corrected chi connectivity index (χ0v) is 15.8. The lowest BCUT2D eigenvalue weighted by Gasteiger charge is -2.29. The Bertz CT molecular complexity index is 761. The number of aromatic nitrogens is 2. The third-order valence-electron chi connectivity index (χ3n) is 5.18. The van der Waals surface area contributed by atoms with Crippen molar-refractivity contribution >= 4 is 5.97 Å². The number of nitrogens with zero attached hydrogens (tertiary/aromatic N) is 2. The summed E-state index contributed by atoms with van der Waals surface area (Å²) < 4.78 is 11.8. The van der Waals surface area contributed by atoms with E-state index in [0.717, 1.165) is 17.0 Å². The summed E-state index contributed by atoms with van der Waals surface area (Å²) in [4.78, 5) is 12.0. The number of methoxy groups -OCH3 is 2. The van der Waals surface area contributed by atoms with Crippen LogP contribution < -0.4 is 15.6 Å². The van der Waals surface area contributed by atoms with Gasteiger partial charge in [0, 0.05) is 36.8 Å². The fraction of sp³-hybridized carbons (Fsp3) is 0.474. The van der Waals surface area contributed by atoms with Crippen LogP contribution in [-0.4, -0.2) is 47.3 Å². The summed E-state index contributed by atoms with van der Waals surface area (Å²) in [5, 5.41) is 14.8. The van der Waals surface area contributed by atoms with Crippen molar-refractivity contribution < 1.29 is 19.4 Å². The number of nitrogens with one attached hydrogen (secondary N) is 2. The normalized spacial score (nSPS) is 23.2. The Hall–Kier alpha value is -2.42. The lowest BCUT2D eigenvalue weighted by Crippen LogP contribution is -2.36. The third-order valence-corrected chi connectivity index (χ3v) is 5.18.